The lowest BCUT2D eigenvalue weighted by molar-refractivity contribution is 0.0434. The molecule has 0 unspecified atom stereocenters. The second-order valence-electron chi connectivity index (χ2n) is 4.32. The van der Waals surface area contributed by atoms with Gasteiger partial charge >= 0.3 is 5.97 Å². The van der Waals surface area contributed by atoms with E-state index in [0.717, 1.165) is 11.1 Å². The highest BCUT2D eigenvalue weighted by Crippen LogP contribution is 2.39. The van der Waals surface area contributed by atoms with Crippen LogP contribution in [-0.2, 0) is 11.3 Å². The summed E-state index contributed by atoms with van der Waals surface area (Å²) in [6, 6.07) is 5.11. The van der Waals surface area contributed by atoms with Crippen molar-refractivity contribution in [2.75, 3.05) is 6.79 Å². The lowest BCUT2D eigenvalue weighted by Gasteiger charge is -2.06. The van der Waals surface area contributed by atoms with Crippen LogP contribution in [0.15, 0.2) is 28.9 Å². The number of carbonyl (C=O) groups is 1. The van der Waals surface area contributed by atoms with Crippen LogP contribution in [-0.4, -0.2) is 12.8 Å². The summed E-state index contributed by atoms with van der Waals surface area (Å²) < 4.78 is 20.7. The van der Waals surface area contributed by atoms with Crippen LogP contribution in [0, 0.1) is 6.92 Å². The molecule has 0 saturated carbocycles. The number of carbonyl (C=O) groups excluding carboxylic acids is 1. The van der Waals surface area contributed by atoms with E-state index in [1.807, 2.05) is 0 Å². The van der Waals surface area contributed by atoms with Crippen LogP contribution in [0.25, 0.3) is 0 Å². The summed E-state index contributed by atoms with van der Waals surface area (Å²) in [6.07, 6.45) is 1.45. The first kappa shape index (κ1) is 12.9. The number of hydrogen-bond acceptors (Lipinski definition) is 5. The Bertz CT molecular complexity index is 662. The van der Waals surface area contributed by atoms with Crippen molar-refractivity contribution in [1.82, 2.24) is 0 Å². The SMILES string of the molecule is Cc1ccoc1C(=O)OCc1cc(Cl)c2c(c1)OCO2. The Morgan fingerprint density at radius 3 is 3.00 bits per heavy atom. The van der Waals surface area contributed by atoms with Crippen LogP contribution in [0.2, 0.25) is 5.02 Å². The minimum atomic E-state index is -0.513. The van der Waals surface area contributed by atoms with Crippen molar-refractivity contribution in [1.29, 1.82) is 0 Å². The Hall–Kier alpha value is -2.14. The summed E-state index contributed by atoms with van der Waals surface area (Å²) in [5.74, 6) is 0.763. The summed E-state index contributed by atoms with van der Waals surface area (Å²) in [5, 5.41) is 0.431. The van der Waals surface area contributed by atoms with Crippen molar-refractivity contribution in [3.8, 4) is 11.5 Å². The van der Waals surface area contributed by atoms with Gasteiger partial charge in [0.25, 0.3) is 0 Å². The molecule has 0 atom stereocenters. The molecule has 0 bridgehead atoms. The van der Waals surface area contributed by atoms with Gasteiger partial charge in [0.05, 0.1) is 11.3 Å². The number of hydrogen-bond donors (Lipinski definition) is 0. The number of fused-ring (bicyclic) bond motifs is 1. The van der Waals surface area contributed by atoms with Gasteiger partial charge in [-0.05, 0) is 30.7 Å². The lowest BCUT2D eigenvalue weighted by Crippen LogP contribution is -2.05. The number of esters is 1. The van der Waals surface area contributed by atoms with Gasteiger partial charge in [-0.3, -0.25) is 0 Å². The van der Waals surface area contributed by atoms with Gasteiger partial charge in [0.2, 0.25) is 12.6 Å². The lowest BCUT2D eigenvalue weighted by atomic mass is 10.2. The molecule has 2 heterocycles. The molecule has 2 aromatic rings. The van der Waals surface area contributed by atoms with Gasteiger partial charge in [0.1, 0.15) is 6.61 Å². The van der Waals surface area contributed by atoms with Crippen LogP contribution < -0.4 is 9.47 Å². The number of aryl methyl sites for hydroxylation is 1. The zero-order valence-corrected chi connectivity index (χ0v) is 11.4. The fourth-order valence-corrected chi connectivity index (χ4v) is 2.19. The molecule has 0 amide bonds. The molecule has 0 N–H and O–H groups in total. The van der Waals surface area contributed by atoms with E-state index in [9.17, 15) is 4.79 Å². The average Bonchev–Trinajstić information content (AvgIpc) is 3.04. The Kier molecular flexibility index (Phi) is 3.28. The predicted octanol–water partition coefficient (Wildman–Crippen LogP) is 3.33. The summed E-state index contributed by atoms with van der Waals surface area (Å²) in [7, 11) is 0. The molecule has 1 aliphatic rings. The minimum Gasteiger partial charge on any atom is -0.457 e. The zero-order valence-electron chi connectivity index (χ0n) is 10.6. The highest BCUT2D eigenvalue weighted by atomic mass is 35.5. The predicted molar refractivity (Wildman–Crippen MR) is 70.1 cm³/mol. The van der Waals surface area contributed by atoms with Gasteiger partial charge < -0.3 is 18.6 Å². The second kappa shape index (κ2) is 5.09. The van der Waals surface area contributed by atoms with Crippen molar-refractivity contribution in [3.63, 3.8) is 0 Å². The van der Waals surface area contributed by atoms with Crippen LogP contribution in [0.3, 0.4) is 0 Å². The second-order valence-corrected chi connectivity index (χ2v) is 4.73. The van der Waals surface area contributed by atoms with E-state index in [0.29, 0.717) is 16.5 Å². The first-order chi connectivity index (χ1) is 9.65. The van der Waals surface area contributed by atoms with Crippen LogP contribution in [0.1, 0.15) is 21.7 Å². The Balaban J connectivity index is 1.72. The van der Waals surface area contributed by atoms with E-state index < -0.39 is 5.97 Å². The zero-order chi connectivity index (χ0) is 14.1. The number of benzene rings is 1. The third-order valence-corrected chi connectivity index (χ3v) is 3.19. The molecule has 1 aromatic heterocycles. The third-order valence-electron chi connectivity index (χ3n) is 2.90. The molecular weight excluding hydrogens is 284 g/mol. The minimum absolute atomic E-state index is 0.0787. The topological polar surface area (TPSA) is 57.9 Å². The van der Waals surface area contributed by atoms with Gasteiger partial charge in [-0.1, -0.05) is 11.6 Å². The van der Waals surface area contributed by atoms with Gasteiger partial charge in [-0.15, -0.1) is 0 Å². The van der Waals surface area contributed by atoms with Gasteiger partial charge in [0.15, 0.2) is 11.5 Å². The molecule has 6 heteroatoms. The number of furan rings is 1. The van der Waals surface area contributed by atoms with Crippen LogP contribution >= 0.6 is 11.6 Å². The quantitative estimate of drug-likeness (QED) is 0.813. The fourth-order valence-electron chi connectivity index (χ4n) is 1.90. The third kappa shape index (κ3) is 2.32. The van der Waals surface area contributed by atoms with E-state index in [4.69, 9.17) is 30.2 Å². The maximum atomic E-state index is 11.8. The molecule has 1 aliphatic heterocycles. The Morgan fingerprint density at radius 2 is 2.25 bits per heavy atom. The molecule has 0 spiro atoms. The van der Waals surface area contributed by atoms with E-state index in [-0.39, 0.29) is 19.2 Å². The van der Waals surface area contributed by atoms with Crippen LogP contribution in [0.5, 0.6) is 11.5 Å². The molecule has 104 valence electrons. The van der Waals surface area contributed by atoms with Crippen molar-refractivity contribution in [2.24, 2.45) is 0 Å². The number of rotatable bonds is 3. The molecule has 3 rings (SSSR count). The van der Waals surface area contributed by atoms with Crippen molar-refractivity contribution >= 4 is 17.6 Å². The van der Waals surface area contributed by atoms with Gasteiger partial charge in [-0.2, -0.15) is 0 Å². The van der Waals surface area contributed by atoms with Gasteiger partial charge in [0, 0.05) is 5.56 Å². The summed E-state index contributed by atoms with van der Waals surface area (Å²) >= 11 is 6.05. The molecule has 0 saturated heterocycles. The normalized spacial score (nSPS) is 12.5. The van der Waals surface area contributed by atoms with Crippen molar-refractivity contribution in [3.05, 3.63) is 46.4 Å². The maximum Gasteiger partial charge on any atom is 0.374 e. The molecule has 5 nitrogen and oxygen atoms in total. The monoisotopic (exact) mass is 294 g/mol. The average molecular weight is 295 g/mol. The molecule has 1 aromatic carbocycles. The molecular formula is C14H11ClO5. The highest BCUT2D eigenvalue weighted by molar-refractivity contribution is 6.32. The first-order valence-electron chi connectivity index (χ1n) is 5.94. The van der Waals surface area contributed by atoms with Crippen molar-refractivity contribution < 1.29 is 23.4 Å². The molecule has 0 aliphatic carbocycles. The summed E-state index contributed by atoms with van der Waals surface area (Å²) in [4.78, 5) is 11.8. The molecule has 0 radical (unpaired) electrons. The first-order valence-corrected chi connectivity index (χ1v) is 6.32. The molecule has 20 heavy (non-hydrogen) atoms. The number of halogens is 1. The summed E-state index contributed by atoms with van der Waals surface area (Å²) in [6.45, 7) is 2.00. The summed E-state index contributed by atoms with van der Waals surface area (Å²) in [5.41, 5.74) is 1.45. The van der Waals surface area contributed by atoms with E-state index in [2.05, 4.69) is 0 Å². The standard InChI is InChI=1S/C14H11ClO5/c1-8-2-3-17-12(8)14(16)18-6-9-4-10(15)13-11(5-9)19-7-20-13/h2-5H,6-7H2,1H3. The highest BCUT2D eigenvalue weighted by Gasteiger charge is 2.19. The Morgan fingerprint density at radius 1 is 1.40 bits per heavy atom. The van der Waals surface area contributed by atoms with E-state index in [1.165, 1.54) is 6.26 Å². The van der Waals surface area contributed by atoms with E-state index >= 15 is 0 Å². The largest absolute Gasteiger partial charge is 0.457 e. The molecule has 0 fully saturated rings. The maximum absolute atomic E-state index is 11.8. The van der Waals surface area contributed by atoms with Crippen molar-refractivity contribution in [2.45, 2.75) is 13.5 Å². The van der Waals surface area contributed by atoms with Crippen LogP contribution in [0.4, 0.5) is 0 Å². The smallest absolute Gasteiger partial charge is 0.374 e. The number of ether oxygens (including phenoxy) is 3. The van der Waals surface area contributed by atoms with E-state index in [1.54, 1.807) is 25.1 Å². The fraction of sp³-hybridized carbons (Fsp3) is 0.214. The Labute approximate surface area is 120 Å². The van der Waals surface area contributed by atoms with Gasteiger partial charge in [-0.25, -0.2) is 4.79 Å².